The highest BCUT2D eigenvalue weighted by atomic mass is 35.5. The van der Waals surface area contributed by atoms with Crippen LogP contribution < -0.4 is 9.47 Å². The molecule has 5 heteroatoms. The first kappa shape index (κ1) is 14.2. The molecule has 20 heavy (non-hydrogen) atoms. The topological polar surface area (TPSA) is 55.8 Å². The molecule has 0 aliphatic heterocycles. The number of ether oxygens (including phenoxy) is 2. The zero-order chi connectivity index (χ0) is 14.7. The first-order valence-electron chi connectivity index (χ1n) is 5.82. The molecule has 2 aromatic carbocycles. The van der Waals surface area contributed by atoms with Crippen LogP contribution in [-0.4, -0.2) is 25.3 Å². The third kappa shape index (κ3) is 2.70. The second-order valence-electron chi connectivity index (χ2n) is 4.07. The van der Waals surface area contributed by atoms with Crippen molar-refractivity contribution in [2.24, 2.45) is 0 Å². The number of rotatable bonds is 4. The van der Waals surface area contributed by atoms with E-state index in [1.54, 1.807) is 37.4 Å². The lowest BCUT2D eigenvalue weighted by Gasteiger charge is -2.10. The first-order valence-corrected chi connectivity index (χ1v) is 6.20. The minimum Gasteiger partial charge on any atom is -0.497 e. The highest BCUT2D eigenvalue weighted by Gasteiger charge is 2.13. The molecule has 0 amide bonds. The highest BCUT2D eigenvalue weighted by molar-refractivity contribution is 6.33. The van der Waals surface area contributed by atoms with Gasteiger partial charge in [-0.3, -0.25) is 0 Å². The number of carboxylic acid groups (broad SMARTS) is 1. The van der Waals surface area contributed by atoms with Gasteiger partial charge in [0.15, 0.2) is 0 Å². The summed E-state index contributed by atoms with van der Waals surface area (Å²) in [6, 6.07) is 10.1. The van der Waals surface area contributed by atoms with Gasteiger partial charge >= 0.3 is 5.97 Å². The van der Waals surface area contributed by atoms with Crippen LogP contribution in [0, 0.1) is 0 Å². The molecule has 0 saturated carbocycles. The summed E-state index contributed by atoms with van der Waals surface area (Å²) in [5, 5.41) is 9.62. The van der Waals surface area contributed by atoms with Crippen molar-refractivity contribution in [3.63, 3.8) is 0 Å². The molecule has 0 aliphatic rings. The molecule has 0 fully saturated rings. The number of hydrogen-bond acceptors (Lipinski definition) is 3. The maximum Gasteiger partial charge on any atom is 0.339 e. The lowest BCUT2D eigenvalue weighted by Crippen LogP contribution is -2.00. The second kappa shape index (κ2) is 5.84. The van der Waals surface area contributed by atoms with Gasteiger partial charge < -0.3 is 14.6 Å². The Balaban J connectivity index is 2.56. The first-order chi connectivity index (χ1) is 9.56. The Labute approximate surface area is 121 Å². The quantitative estimate of drug-likeness (QED) is 0.933. The Morgan fingerprint density at radius 3 is 2.45 bits per heavy atom. The van der Waals surface area contributed by atoms with E-state index in [2.05, 4.69) is 0 Å². The lowest BCUT2D eigenvalue weighted by atomic mass is 10.0. The monoisotopic (exact) mass is 292 g/mol. The van der Waals surface area contributed by atoms with Gasteiger partial charge in [-0.2, -0.15) is 0 Å². The number of benzene rings is 2. The predicted molar refractivity (Wildman–Crippen MR) is 77.0 cm³/mol. The van der Waals surface area contributed by atoms with E-state index in [0.717, 1.165) is 11.1 Å². The molecule has 0 aromatic heterocycles. The summed E-state index contributed by atoms with van der Waals surface area (Å²) in [6.45, 7) is 0. The molecule has 0 bridgehead atoms. The summed E-state index contributed by atoms with van der Waals surface area (Å²) < 4.78 is 10.3. The standard InChI is InChI=1S/C15H13ClO4/c1-19-10-4-6-13(16)12(8-10)9-3-5-11(15(17)18)14(7-9)20-2/h3-8H,1-2H3,(H,17,18). The van der Waals surface area contributed by atoms with E-state index in [0.29, 0.717) is 10.8 Å². The summed E-state index contributed by atoms with van der Waals surface area (Å²) in [7, 11) is 3.00. The Kier molecular flexibility index (Phi) is 4.15. The second-order valence-corrected chi connectivity index (χ2v) is 4.47. The molecular weight excluding hydrogens is 280 g/mol. The number of methoxy groups -OCH3 is 2. The molecule has 104 valence electrons. The van der Waals surface area contributed by atoms with Gasteiger partial charge in [0.2, 0.25) is 0 Å². The van der Waals surface area contributed by atoms with Crippen molar-refractivity contribution in [2.75, 3.05) is 14.2 Å². The lowest BCUT2D eigenvalue weighted by molar-refractivity contribution is 0.0693. The fourth-order valence-electron chi connectivity index (χ4n) is 1.89. The fraction of sp³-hybridized carbons (Fsp3) is 0.133. The van der Waals surface area contributed by atoms with Crippen LogP contribution in [0.3, 0.4) is 0 Å². The third-order valence-corrected chi connectivity index (χ3v) is 3.25. The molecule has 2 aromatic rings. The number of aromatic carboxylic acids is 1. The van der Waals surface area contributed by atoms with Gasteiger partial charge in [-0.15, -0.1) is 0 Å². The molecule has 0 unspecified atom stereocenters. The van der Waals surface area contributed by atoms with E-state index < -0.39 is 5.97 Å². The van der Waals surface area contributed by atoms with Crippen LogP contribution >= 0.6 is 11.6 Å². The van der Waals surface area contributed by atoms with Crippen LogP contribution in [0.4, 0.5) is 0 Å². The Morgan fingerprint density at radius 2 is 1.85 bits per heavy atom. The van der Waals surface area contributed by atoms with Crippen molar-refractivity contribution in [1.29, 1.82) is 0 Å². The highest BCUT2D eigenvalue weighted by Crippen LogP contribution is 2.34. The van der Waals surface area contributed by atoms with Crippen LogP contribution in [0.15, 0.2) is 36.4 Å². The van der Waals surface area contributed by atoms with Gasteiger partial charge in [0.1, 0.15) is 17.1 Å². The third-order valence-electron chi connectivity index (χ3n) is 2.92. The van der Waals surface area contributed by atoms with Crippen LogP contribution in [-0.2, 0) is 0 Å². The molecule has 1 N–H and O–H groups in total. The average Bonchev–Trinajstić information content (AvgIpc) is 2.47. The number of hydrogen-bond donors (Lipinski definition) is 1. The van der Waals surface area contributed by atoms with Gasteiger partial charge in [0.05, 0.1) is 14.2 Å². The fourth-order valence-corrected chi connectivity index (χ4v) is 2.11. The average molecular weight is 293 g/mol. The minimum atomic E-state index is -1.04. The van der Waals surface area contributed by atoms with Crippen LogP contribution in [0.1, 0.15) is 10.4 Å². The van der Waals surface area contributed by atoms with E-state index in [4.69, 9.17) is 26.2 Å². The van der Waals surface area contributed by atoms with E-state index in [9.17, 15) is 4.79 Å². The summed E-state index contributed by atoms with van der Waals surface area (Å²) in [6.07, 6.45) is 0. The molecule has 0 heterocycles. The predicted octanol–water partition coefficient (Wildman–Crippen LogP) is 3.72. The van der Waals surface area contributed by atoms with Crippen LogP contribution in [0.5, 0.6) is 11.5 Å². The van der Waals surface area contributed by atoms with Gasteiger partial charge in [-0.05, 0) is 35.9 Å². The van der Waals surface area contributed by atoms with E-state index >= 15 is 0 Å². The zero-order valence-electron chi connectivity index (χ0n) is 11.0. The van der Waals surface area contributed by atoms with E-state index in [1.807, 2.05) is 0 Å². The molecule has 0 atom stereocenters. The van der Waals surface area contributed by atoms with Gasteiger partial charge in [-0.25, -0.2) is 4.79 Å². The molecule has 4 nitrogen and oxygen atoms in total. The SMILES string of the molecule is COc1ccc(Cl)c(-c2ccc(C(=O)O)c(OC)c2)c1. The maximum absolute atomic E-state index is 11.1. The summed E-state index contributed by atoms with van der Waals surface area (Å²) in [5.74, 6) is -0.0790. The Morgan fingerprint density at radius 1 is 1.10 bits per heavy atom. The molecular formula is C15H13ClO4. The largest absolute Gasteiger partial charge is 0.497 e. The van der Waals surface area contributed by atoms with Crippen molar-refractivity contribution < 1.29 is 19.4 Å². The zero-order valence-corrected chi connectivity index (χ0v) is 11.8. The van der Waals surface area contributed by atoms with Gasteiger partial charge in [-0.1, -0.05) is 17.7 Å². The Bertz CT molecular complexity index is 652. The summed E-state index contributed by atoms with van der Waals surface area (Å²) in [4.78, 5) is 11.1. The van der Waals surface area contributed by atoms with Crippen molar-refractivity contribution in [2.45, 2.75) is 0 Å². The molecule has 2 rings (SSSR count). The number of halogens is 1. The Hall–Kier alpha value is -2.20. The summed E-state index contributed by atoms with van der Waals surface area (Å²) in [5.41, 5.74) is 1.62. The maximum atomic E-state index is 11.1. The minimum absolute atomic E-state index is 0.107. The van der Waals surface area contributed by atoms with Crippen molar-refractivity contribution >= 4 is 17.6 Å². The van der Waals surface area contributed by atoms with Crippen LogP contribution in [0.2, 0.25) is 5.02 Å². The molecule has 0 saturated heterocycles. The van der Waals surface area contributed by atoms with Crippen molar-refractivity contribution in [3.8, 4) is 22.6 Å². The number of carboxylic acids is 1. The van der Waals surface area contributed by atoms with E-state index in [-0.39, 0.29) is 11.3 Å². The van der Waals surface area contributed by atoms with E-state index in [1.165, 1.54) is 13.2 Å². The van der Waals surface area contributed by atoms with Crippen molar-refractivity contribution in [1.82, 2.24) is 0 Å². The van der Waals surface area contributed by atoms with Gasteiger partial charge in [0.25, 0.3) is 0 Å². The smallest absolute Gasteiger partial charge is 0.339 e. The summed E-state index contributed by atoms with van der Waals surface area (Å²) >= 11 is 6.17. The van der Waals surface area contributed by atoms with Crippen molar-refractivity contribution in [3.05, 3.63) is 47.0 Å². The normalized spacial score (nSPS) is 10.2. The molecule has 0 radical (unpaired) electrons. The van der Waals surface area contributed by atoms with Gasteiger partial charge in [0, 0.05) is 10.6 Å². The number of carbonyl (C=O) groups is 1. The molecule has 0 spiro atoms. The molecule has 0 aliphatic carbocycles. The van der Waals surface area contributed by atoms with Crippen LogP contribution in [0.25, 0.3) is 11.1 Å².